The summed E-state index contributed by atoms with van der Waals surface area (Å²) in [5.41, 5.74) is 6.35. The number of imide groups is 1. The zero-order valence-electron chi connectivity index (χ0n) is 14.1. The topological polar surface area (TPSA) is 111 Å². The van der Waals surface area contributed by atoms with Gasteiger partial charge in [0.1, 0.15) is 5.56 Å². The molecule has 0 aromatic heterocycles. The van der Waals surface area contributed by atoms with Crippen LogP contribution in [-0.2, 0) is 9.53 Å². The number of carbonyl (C=O) groups is 3. The van der Waals surface area contributed by atoms with E-state index in [0.29, 0.717) is 11.3 Å². The minimum absolute atomic E-state index is 0.0188. The van der Waals surface area contributed by atoms with Crippen molar-refractivity contribution in [1.82, 2.24) is 4.90 Å². The van der Waals surface area contributed by atoms with Crippen LogP contribution in [0.2, 0.25) is 0 Å². The van der Waals surface area contributed by atoms with E-state index >= 15 is 0 Å². The van der Waals surface area contributed by atoms with Gasteiger partial charge in [0, 0.05) is 5.56 Å². The quantitative estimate of drug-likeness (QED) is 0.462. The number of likely N-dealkylation sites (N-methyl/N-ethyl adjacent to an activating group) is 1. The van der Waals surface area contributed by atoms with Gasteiger partial charge in [-0.2, -0.15) is 9.48 Å². The van der Waals surface area contributed by atoms with Gasteiger partial charge in [0.05, 0.1) is 28.3 Å². The second-order valence-electron chi connectivity index (χ2n) is 5.41. The Labute approximate surface area is 142 Å². The fourth-order valence-corrected chi connectivity index (χ4v) is 2.78. The third kappa shape index (κ3) is 2.16. The van der Waals surface area contributed by atoms with Gasteiger partial charge in [-0.3, -0.25) is 0 Å². The molecule has 0 saturated heterocycles. The molecule has 130 valence electrons. The fraction of sp³-hybridized carbons (Fsp3) is 0.250. The summed E-state index contributed by atoms with van der Waals surface area (Å²) in [6.07, 6.45) is 0. The summed E-state index contributed by atoms with van der Waals surface area (Å²) >= 11 is 0. The van der Waals surface area contributed by atoms with Crippen molar-refractivity contribution < 1.29 is 33.2 Å². The normalized spacial score (nSPS) is 20.0. The monoisotopic (exact) mass is 346 g/mol. The van der Waals surface area contributed by atoms with Crippen LogP contribution >= 0.6 is 0 Å². The number of ether oxygens (including phenoxy) is 3. The number of amides is 3. The number of fused-ring (bicyclic) bond motifs is 1. The van der Waals surface area contributed by atoms with Crippen LogP contribution in [0, 0.1) is 0 Å². The average Bonchev–Trinajstić information content (AvgIpc) is 2.94. The van der Waals surface area contributed by atoms with E-state index < -0.39 is 17.9 Å². The summed E-state index contributed by atoms with van der Waals surface area (Å²) in [6, 6.07) is 2.58. The number of benzene rings is 1. The molecule has 25 heavy (non-hydrogen) atoms. The molecule has 1 aromatic carbocycles. The molecule has 0 unspecified atom stereocenters. The van der Waals surface area contributed by atoms with Gasteiger partial charge in [0.2, 0.25) is 5.84 Å². The smallest absolute Gasteiger partial charge is 0.445 e. The molecular formula is C16H16N3O6+. The predicted molar refractivity (Wildman–Crippen MR) is 85.4 cm³/mol. The largest absolute Gasteiger partial charge is 0.493 e. The van der Waals surface area contributed by atoms with Crippen molar-refractivity contribution in [2.45, 2.75) is 0 Å². The molecule has 2 heterocycles. The molecule has 3 amide bonds. The Hall–Kier alpha value is -3.36. The Bertz CT molecular complexity index is 899. The number of methoxy groups -OCH3 is 2. The van der Waals surface area contributed by atoms with Crippen molar-refractivity contribution in [3.8, 4) is 11.5 Å². The Balaban J connectivity index is 2.33. The summed E-state index contributed by atoms with van der Waals surface area (Å²) in [5, 5.41) is 0. The van der Waals surface area contributed by atoms with Crippen LogP contribution in [-0.4, -0.2) is 61.5 Å². The number of cyclic esters (lactones) is 1. The van der Waals surface area contributed by atoms with Gasteiger partial charge >= 0.3 is 17.9 Å². The summed E-state index contributed by atoms with van der Waals surface area (Å²) in [4.78, 5) is 37.8. The molecule has 0 aliphatic carbocycles. The second kappa shape index (κ2) is 5.62. The maximum Gasteiger partial charge on any atom is 0.445 e. The summed E-state index contributed by atoms with van der Waals surface area (Å²) < 4.78 is 16.8. The molecular weight excluding hydrogens is 330 g/mol. The molecule has 0 fully saturated rings. The number of hydrogen-bond acceptors (Lipinski definition) is 7. The van der Waals surface area contributed by atoms with Gasteiger partial charge in [0.15, 0.2) is 22.8 Å². The first-order valence-electron chi connectivity index (χ1n) is 7.23. The average molecular weight is 346 g/mol. The molecule has 0 bridgehead atoms. The first-order chi connectivity index (χ1) is 11.8. The molecule has 9 heteroatoms. The number of nitrogens with zero attached hydrogens (tertiary/aromatic N) is 2. The van der Waals surface area contributed by atoms with E-state index in [4.69, 9.17) is 19.9 Å². The van der Waals surface area contributed by atoms with Gasteiger partial charge in [-0.15, -0.1) is 0 Å². The van der Waals surface area contributed by atoms with Crippen molar-refractivity contribution in [2.24, 2.45) is 5.73 Å². The van der Waals surface area contributed by atoms with E-state index in [1.807, 2.05) is 0 Å². The molecule has 0 spiro atoms. The highest BCUT2D eigenvalue weighted by atomic mass is 16.5. The van der Waals surface area contributed by atoms with E-state index in [0.717, 1.165) is 9.48 Å². The minimum Gasteiger partial charge on any atom is -0.493 e. The molecule has 3 rings (SSSR count). The summed E-state index contributed by atoms with van der Waals surface area (Å²) in [6.45, 7) is 0. The number of esters is 1. The summed E-state index contributed by atoms with van der Waals surface area (Å²) in [7, 11) is 5.58. The Morgan fingerprint density at radius 2 is 1.84 bits per heavy atom. The van der Waals surface area contributed by atoms with Gasteiger partial charge in [-0.05, 0) is 12.1 Å². The third-order valence-electron chi connectivity index (χ3n) is 4.13. The van der Waals surface area contributed by atoms with Crippen molar-refractivity contribution in [2.75, 3.05) is 28.3 Å². The number of urea groups is 1. The Morgan fingerprint density at radius 1 is 1.16 bits per heavy atom. The SMILES string of the molecule is COc1ccc2c(c1OC)C(=O)O/C2=C1\C(=O)N(C)C(=O)[N+](C)=C1N. The number of nitrogens with two attached hydrogens (primary N) is 1. The maximum absolute atomic E-state index is 12.5. The van der Waals surface area contributed by atoms with Gasteiger partial charge in [-0.25, -0.2) is 14.4 Å². The molecule has 0 atom stereocenters. The highest BCUT2D eigenvalue weighted by molar-refractivity contribution is 6.29. The molecule has 0 saturated carbocycles. The predicted octanol–water partition coefficient (Wildman–Crippen LogP) is 0.177. The van der Waals surface area contributed by atoms with Crippen molar-refractivity contribution in [1.29, 1.82) is 0 Å². The Morgan fingerprint density at radius 3 is 2.44 bits per heavy atom. The molecule has 2 aliphatic heterocycles. The number of amidine groups is 1. The van der Waals surface area contributed by atoms with Crippen LogP contribution in [0.3, 0.4) is 0 Å². The lowest BCUT2D eigenvalue weighted by molar-refractivity contribution is -0.403. The van der Waals surface area contributed by atoms with Crippen molar-refractivity contribution in [3.63, 3.8) is 0 Å². The van der Waals surface area contributed by atoms with Crippen LogP contribution in [0.15, 0.2) is 17.7 Å². The molecule has 1 aromatic rings. The standard InChI is InChI=1S/C16H15N3O6/c1-18-13(17)10(14(20)19(2)16(18)22)11-7-5-6-8(23-3)12(24-4)9(7)15(21)25-11/h5-6,17H,1-4H3/p+1/b11-10-. The van der Waals surface area contributed by atoms with Crippen LogP contribution < -0.4 is 15.2 Å². The van der Waals surface area contributed by atoms with Crippen LogP contribution in [0.1, 0.15) is 15.9 Å². The van der Waals surface area contributed by atoms with Gasteiger partial charge < -0.3 is 19.9 Å². The summed E-state index contributed by atoms with van der Waals surface area (Å²) in [5.74, 6) is -0.934. The fourth-order valence-electron chi connectivity index (χ4n) is 2.78. The van der Waals surface area contributed by atoms with Gasteiger partial charge in [-0.1, -0.05) is 0 Å². The third-order valence-corrected chi connectivity index (χ3v) is 4.13. The van der Waals surface area contributed by atoms with Crippen LogP contribution in [0.5, 0.6) is 11.5 Å². The lowest BCUT2D eigenvalue weighted by Gasteiger charge is -2.20. The highest BCUT2D eigenvalue weighted by Gasteiger charge is 2.44. The highest BCUT2D eigenvalue weighted by Crippen LogP contribution is 2.42. The van der Waals surface area contributed by atoms with Crippen LogP contribution in [0.4, 0.5) is 4.79 Å². The molecule has 0 radical (unpaired) electrons. The number of rotatable bonds is 2. The second-order valence-corrected chi connectivity index (χ2v) is 5.41. The Kier molecular flexibility index (Phi) is 3.71. The molecule has 2 aliphatic rings. The van der Waals surface area contributed by atoms with Gasteiger partial charge in [0.25, 0.3) is 0 Å². The minimum atomic E-state index is -0.698. The number of carbonyl (C=O) groups excluding carboxylic acids is 3. The van der Waals surface area contributed by atoms with E-state index in [9.17, 15) is 14.4 Å². The lowest BCUT2D eigenvalue weighted by atomic mass is 10.0. The van der Waals surface area contributed by atoms with E-state index in [1.54, 1.807) is 12.1 Å². The lowest BCUT2D eigenvalue weighted by Crippen LogP contribution is -2.51. The van der Waals surface area contributed by atoms with Crippen molar-refractivity contribution >= 4 is 29.5 Å². The maximum atomic E-state index is 12.5. The molecule has 9 nitrogen and oxygen atoms in total. The van der Waals surface area contributed by atoms with Crippen molar-refractivity contribution in [3.05, 3.63) is 28.8 Å². The van der Waals surface area contributed by atoms with E-state index in [1.165, 1.54) is 28.3 Å². The van der Waals surface area contributed by atoms with Crippen LogP contribution in [0.25, 0.3) is 5.76 Å². The zero-order valence-corrected chi connectivity index (χ0v) is 14.1. The zero-order chi connectivity index (χ0) is 18.5. The number of hydrogen-bond donors (Lipinski definition) is 1. The van der Waals surface area contributed by atoms with E-state index in [2.05, 4.69) is 0 Å². The van der Waals surface area contributed by atoms with E-state index in [-0.39, 0.29) is 28.5 Å². The first-order valence-corrected chi connectivity index (χ1v) is 7.23. The molecule has 2 N–H and O–H groups in total. The first kappa shape index (κ1) is 16.5.